The number of aliphatic hydroxyl groups is 1. The van der Waals surface area contributed by atoms with Gasteiger partial charge in [-0.1, -0.05) is 51.4 Å². The maximum Gasteiger partial charge on any atom is 0.493 e. The Hall–Kier alpha value is -1.62. The Labute approximate surface area is 253 Å². The summed E-state index contributed by atoms with van der Waals surface area (Å²) in [6.07, 6.45) is 2.04. The van der Waals surface area contributed by atoms with Gasteiger partial charge in [0.05, 0.1) is 17.2 Å². The van der Waals surface area contributed by atoms with Gasteiger partial charge in [0, 0.05) is 35.7 Å². The van der Waals surface area contributed by atoms with Gasteiger partial charge in [-0.25, -0.2) is 4.79 Å². The van der Waals surface area contributed by atoms with Crippen LogP contribution in [0.5, 0.6) is 5.75 Å². The lowest BCUT2D eigenvalue weighted by Gasteiger charge is -2.63. The molecule has 226 valence electrons. The number of aliphatic hydroxyl groups excluding tert-OH is 1. The molecule has 1 aromatic rings. The number of carboxylic acid groups (broad SMARTS) is 1. The van der Waals surface area contributed by atoms with E-state index >= 15 is 0 Å². The van der Waals surface area contributed by atoms with Crippen molar-refractivity contribution >= 4 is 48.3 Å². The number of hydrogen-bond donors (Lipinski definition) is 4. The van der Waals surface area contributed by atoms with Crippen molar-refractivity contribution in [2.45, 2.75) is 78.1 Å². The molecule has 2 bridgehead atoms. The number of nitrogens with two attached hydrogens (primary N) is 1. The van der Waals surface area contributed by atoms with Gasteiger partial charge in [0.1, 0.15) is 11.5 Å². The summed E-state index contributed by atoms with van der Waals surface area (Å²) in [6, 6.07) is 3.28. The molecular formula is C30H42BCl2NO7. The lowest BCUT2D eigenvalue weighted by molar-refractivity contribution is -0.193. The molecule has 0 radical (unpaired) electrons. The molecule has 1 aliphatic heterocycles. The summed E-state index contributed by atoms with van der Waals surface area (Å²) < 4.78 is 11.8. The number of benzene rings is 1. The van der Waals surface area contributed by atoms with Crippen LogP contribution in [0.2, 0.25) is 5.02 Å². The van der Waals surface area contributed by atoms with Crippen molar-refractivity contribution in [2.75, 3.05) is 6.54 Å². The highest BCUT2D eigenvalue weighted by molar-refractivity contribution is 6.65. The number of Topliss-reactive ketones (excluding diaryl/α,β-unsaturated/α-hetero) is 1. The second kappa shape index (κ2) is 11.1. The highest BCUT2D eigenvalue weighted by Crippen LogP contribution is 2.69. The van der Waals surface area contributed by atoms with Crippen LogP contribution in [-0.2, 0) is 14.2 Å². The molecule has 10 atom stereocenters. The average molecular weight is 610 g/mol. The number of carboxylic acids is 1. The van der Waals surface area contributed by atoms with Crippen LogP contribution in [0.3, 0.4) is 0 Å². The third-order valence-electron chi connectivity index (χ3n) is 11.6. The zero-order chi connectivity index (χ0) is 29.4. The average Bonchev–Trinajstić information content (AvgIpc) is 3.45. The van der Waals surface area contributed by atoms with E-state index < -0.39 is 59.5 Å². The van der Waals surface area contributed by atoms with E-state index in [1.54, 1.807) is 18.2 Å². The Balaban J connectivity index is 0.00000387. The number of carbonyl (C=O) groups is 2. The Bertz CT molecular complexity index is 1230. The molecule has 0 spiro atoms. The predicted molar refractivity (Wildman–Crippen MR) is 159 cm³/mol. The van der Waals surface area contributed by atoms with Crippen LogP contribution in [0.4, 0.5) is 0 Å². The van der Waals surface area contributed by atoms with Crippen molar-refractivity contribution in [1.29, 1.82) is 0 Å². The van der Waals surface area contributed by atoms with Gasteiger partial charge in [0.2, 0.25) is 0 Å². The molecule has 5 N–H and O–H groups in total. The quantitative estimate of drug-likeness (QED) is 0.281. The lowest BCUT2D eigenvalue weighted by Crippen LogP contribution is -2.63. The van der Waals surface area contributed by atoms with Crippen LogP contribution >= 0.6 is 24.0 Å². The topological polar surface area (TPSA) is 139 Å². The summed E-state index contributed by atoms with van der Waals surface area (Å²) in [5, 5.41) is 33.1. The number of rotatable bonds is 6. The number of aliphatic carboxylic acids is 1. The summed E-state index contributed by atoms with van der Waals surface area (Å²) in [5.41, 5.74) is 4.78. The van der Waals surface area contributed by atoms with Crippen molar-refractivity contribution in [3.8, 4) is 5.75 Å². The fourth-order valence-corrected chi connectivity index (χ4v) is 9.36. The minimum Gasteiger partial charge on any atom is -0.478 e. The van der Waals surface area contributed by atoms with Crippen LogP contribution in [0.15, 0.2) is 24.8 Å². The van der Waals surface area contributed by atoms with E-state index in [1.165, 1.54) is 0 Å². The van der Waals surface area contributed by atoms with Gasteiger partial charge >= 0.3 is 13.1 Å². The number of ketones is 1. The van der Waals surface area contributed by atoms with Crippen LogP contribution in [0.25, 0.3) is 0 Å². The van der Waals surface area contributed by atoms with Crippen LogP contribution in [0, 0.1) is 39.9 Å². The highest BCUT2D eigenvalue weighted by Gasteiger charge is 2.69. The summed E-state index contributed by atoms with van der Waals surface area (Å²) in [7, 11) is -1.31. The van der Waals surface area contributed by atoms with E-state index in [-0.39, 0.29) is 53.8 Å². The SMILES string of the molecule is C=C[C@]1(C)C[C@@H](C(Oc2ccc3c(c2Cl)B(O)OC3CN)C(=O)O)[C@]2(C)[C@@H]3C(=O)CC[C@@]3(CC[C@@H]2C)[C@@H](C)[C@@H]1O.Cl. The minimum absolute atomic E-state index is 0. The van der Waals surface area contributed by atoms with Crippen LogP contribution < -0.4 is 15.9 Å². The normalized spacial score (nSPS) is 40.5. The molecule has 0 saturated heterocycles. The standard InChI is InChI=1S/C30H41BClNO7.ClH/c1-6-28(4)13-18(29(5)15(2)9-11-30(16(3)26(28)35)12-10-19(34)25(29)30)24(27(36)37)39-20-8-7-17-21(14-33)40-31(38)22(17)23(20)32;/h6-8,15-16,18,21,24-26,35,38H,1,9-14,33H2,2-5H3,(H,36,37);1H/t15-,16-,18-,21?,24?,25-,26-,28+,29+,30-;/m0./s1. The Kier molecular flexibility index (Phi) is 8.78. The van der Waals surface area contributed by atoms with Crippen LogP contribution in [-0.4, -0.2) is 52.9 Å². The van der Waals surface area contributed by atoms with Gasteiger partial charge < -0.3 is 30.4 Å². The molecule has 1 aromatic carbocycles. The van der Waals surface area contributed by atoms with Crippen molar-refractivity contribution in [3.05, 3.63) is 35.4 Å². The van der Waals surface area contributed by atoms with E-state index in [9.17, 15) is 24.8 Å². The maximum absolute atomic E-state index is 13.7. The van der Waals surface area contributed by atoms with Crippen molar-refractivity contribution in [1.82, 2.24) is 0 Å². The second-order valence-electron chi connectivity index (χ2n) is 13.2. The first-order valence-electron chi connectivity index (χ1n) is 14.4. The zero-order valence-electron chi connectivity index (χ0n) is 24.1. The van der Waals surface area contributed by atoms with Gasteiger partial charge in [-0.2, -0.15) is 0 Å². The van der Waals surface area contributed by atoms with Crippen molar-refractivity contribution < 1.29 is 34.2 Å². The van der Waals surface area contributed by atoms with Gasteiger partial charge in [-0.3, -0.25) is 4.79 Å². The molecule has 2 unspecified atom stereocenters. The molecule has 41 heavy (non-hydrogen) atoms. The highest BCUT2D eigenvalue weighted by atomic mass is 35.5. The Morgan fingerprint density at radius 1 is 1.34 bits per heavy atom. The fraction of sp³-hybridized carbons (Fsp3) is 0.667. The third-order valence-corrected chi connectivity index (χ3v) is 12.0. The molecule has 0 amide bonds. The smallest absolute Gasteiger partial charge is 0.478 e. The molecule has 1 heterocycles. The van der Waals surface area contributed by atoms with E-state index in [4.69, 9.17) is 26.7 Å². The first-order valence-corrected chi connectivity index (χ1v) is 14.7. The third kappa shape index (κ3) is 4.58. The van der Waals surface area contributed by atoms with Crippen molar-refractivity contribution in [3.63, 3.8) is 0 Å². The number of halogens is 2. The molecule has 3 saturated carbocycles. The van der Waals surface area contributed by atoms with Crippen LogP contribution in [0.1, 0.15) is 71.5 Å². The summed E-state index contributed by atoms with van der Waals surface area (Å²) in [4.78, 5) is 26.8. The van der Waals surface area contributed by atoms with Gasteiger partial charge in [0.15, 0.2) is 6.10 Å². The first-order chi connectivity index (χ1) is 18.8. The van der Waals surface area contributed by atoms with E-state index in [0.717, 1.165) is 12.8 Å². The minimum atomic E-state index is -1.38. The molecule has 3 aliphatic carbocycles. The first kappa shape index (κ1) is 32.3. The van der Waals surface area contributed by atoms with Crippen molar-refractivity contribution in [2.24, 2.45) is 45.7 Å². The number of hydrogen-bond acceptors (Lipinski definition) is 7. The lowest BCUT2D eigenvalue weighted by atomic mass is 9.41. The summed E-state index contributed by atoms with van der Waals surface area (Å²) in [6.45, 7) is 12.3. The molecule has 4 aliphatic rings. The van der Waals surface area contributed by atoms with Gasteiger partial charge in [-0.05, 0) is 60.0 Å². The zero-order valence-corrected chi connectivity index (χ0v) is 25.7. The molecular weight excluding hydrogens is 568 g/mol. The molecule has 8 nitrogen and oxygen atoms in total. The van der Waals surface area contributed by atoms with Gasteiger partial charge in [0.25, 0.3) is 0 Å². The predicted octanol–water partition coefficient (Wildman–Crippen LogP) is 3.92. The fourth-order valence-electron chi connectivity index (χ4n) is 9.05. The Morgan fingerprint density at radius 2 is 2.02 bits per heavy atom. The molecule has 0 aromatic heterocycles. The number of ether oxygens (including phenoxy) is 1. The number of carbonyl (C=O) groups excluding carboxylic acids is 1. The molecule has 5 rings (SSSR count). The maximum atomic E-state index is 13.7. The monoisotopic (exact) mass is 609 g/mol. The number of fused-ring (bicyclic) bond motifs is 1. The molecule has 3 fully saturated rings. The summed E-state index contributed by atoms with van der Waals surface area (Å²) in [5.74, 6) is -2.09. The Morgan fingerprint density at radius 3 is 2.63 bits per heavy atom. The second-order valence-corrected chi connectivity index (χ2v) is 13.5. The van der Waals surface area contributed by atoms with E-state index in [0.29, 0.717) is 23.9 Å². The van der Waals surface area contributed by atoms with E-state index in [1.807, 2.05) is 13.8 Å². The summed E-state index contributed by atoms with van der Waals surface area (Å²) >= 11 is 6.71. The van der Waals surface area contributed by atoms with E-state index in [2.05, 4.69) is 20.4 Å². The van der Waals surface area contributed by atoms with Gasteiger partial charge in [-0.15, -0.1) is 19.0 Å². The largest absolute Gasteiger partial charge is 0.493 e. The molecule has 11 heteroatoms.